The minimum Gasteiger partial charge on any atom is -0.381 e. The Morgan fingerprint density at radius 3 is 2.70 bits per heavy atom. The summed E-state index contributed by atoms with van der Waals surface area (Å²) in [6, 6.07) is 0. The SMILES string of the molecule is CN=Nc1nnn(C)c1N. The smallest absolute Gasteiger partial charge is 0.239 e. The Labute approximate surface area is 57.7 Å². The molecule has 0 saturated heterocycles. The normalized spacial score (nSPS) is 11.0. The first-order valence-electron chi connectivity index (χ1n) is 2.70. The minimum absolute atomic E-state index is 0.366. The number of nitrogens with zero attached hydrogens (tertiary/aromatic N) is 5. The fourth-order valence-electron chi connectivity index (χ4n) is 0.520. The lowest BCUT2D eigenvalue weighted by Crippen LogP contribution is -1.96. The summed E-state index contributed by atoms with van der Waals surface area (Å²) in [6.45, 7) is 0. The number of hydrogen-bond acceptors (Lipinski definition) is 5. The van der Waals surface area contributed by atoms with Gasteiger partial charge in [0.15, 0.2) is 5.82 Å². The van der Waals surface area contributed by atoms with Gasteiger partial charge in [-0.05, 0) is 0 Å². The molecule has 1 heterocycles. The topological polar surface area (TPSA) is 81.5 Å². The minimum atomic E-state index is 0.366. The number of azo groups is 1. The van der Waals surface area contributed by atoms with Crippen molar-refractivity contribution < 1.29 is 0 Å². The van der Waals surface area contributed by atoms with Crippen LogP contribution in [0.2, 0.25) is 0 Å². The van der Waals surface area contributed by atoms with Crippen LogP contribution in [0, 0.1) is 0 Å². The molecule has 0 radical (unpaired) electrons. The van der Waals surface area contributed by atoms with E-state index in [0.29, 0.717) is 11.6 Å². The van der Waals surface area contributed by atoms with Gasteiger partial charge in [0, 0.05) is 14.1 Å². The highest BCUT2D eigenvalue weighted by Crippen LogP contribution is 2.15. The second-order valence-electron chi connectivity index (χ2n) is 1.72. The molecule has 0 unspecified atom stereocenters. The summed E-state index contributed by atoms with van der Waals surface area (Å²) in [7, 11) is 3.24. The van der Waals surface area contributed by atoms with Gasteiger partial charge in [0.05, 0.1) is 0 Å². The summed E-state index contributed by atoms with van der Waals surface area (Å²) in [5, 5.41) is 14.4. The summed E-state index contributed by atoms with van der Waals surface area (Å²) in [5.74, 6) is 0.788. The zero-order valence-corrected chi connectivity index (χ0v) is 5.81. The molecule has 0 aliphatic carbocycles. The molecule has 0 amide bonds. The van der Waals surface area contributed by atoms with Gasteiger partial charge in [-0.1, -0.05) is 5.21 Å². The molecule has 6 nitrogen and oxygen atoms in total. The third-order valence-corrected chi connectivity index (χ3v) is 1.05. The maximum absolute atomic E-state index is 5.47. The first-order valence-corrected chi connectivity index (χ1v) is 2.70. The average Bonchev–Trinajstić information content (AvgIpc) is 2.20. The Hall–Kier alpha value is -1.46. The maximum Gasteiger partial charge on any atom is 0.239 e. The lowest BCUT2D eigenvalue weighted by Gasteiger charge is -1.88. The van der Waals surface area contributed by atoms with Gasteiger partial charge in [-0.2, -0.15) is 5.11 Å². The monoisotopic (exact) mass is 140 g/mol. The van der Waals surface area contributed by atoms with Crippen molar-refractivity contribution in [1.29, 1.82) is 0 Å². The van der Waals surface area contributed by atoms with Gasteiger partial charge in [0.25, 0.3) is 0 Å². The molecular weight excluding hydrogens is 132 g/mol. The van der Waals surface area contributed by atoms with Crippen LogP contribution in [-0.2, 0) is 7.05 Å². The molecule has 0 spiro atoms. The number of nitrogens with two attached hydrogens (primary N) is 1. The first-order chi connectivity index (χ1) is 4.75. The molecule has 0 bridgehead atoms. The Morgan fingerprint density at radius 1 is 1.60 bits per heavy atom. The summed E-state index contributed by atoms with van der Waals surface area (Å²) in [5.41, 5.74) is 5.47. The number of nitrogen functional groups attached to an aromatic ring is 1. The second kappa shape index (κ2) is 2.42. The third kappa shape index (κ3) is 0.949. The molecule has 0 atom stereocenters. The third-order valence-electron chi connectivity index (χ3n) is 1.05. The van der Waals surface area contributed by atoms with Crippen molar-refractivity contribution in [2.45, 2.75) is 0 Å². The van der Waals surface area contributed by atoms with Crippen molar-refractivity contribution in [3.8, 4) is 0 Å². The summed E-state index contributed by atoms with van der Waals surface area (Å²) >= 11 is 0. The van der Waals surface area contributed by atoms with Crippen molar-refractivity contribution >= 4 is 11.6 Å². The summed E-state index contributed by atoms with van der Waals surface area (Å²) in [4.78, 5) is 0. The van der Waals surface area contributed by atoms with Gasteiger partial charge in [-0.25, -0.2) is 4.68 Å². The van der Waals surface area contributed by atoms with Crippen LogP contribution in [0.25, 0.3) is 0 Å². The van der Waals surface area contributed by atoms with E-state index in [2.05, 4.69) is 20.5 Å². The van der Waals surface area contributed by atoms with Crippen molar-refractivity contribution in [2.24, 2.45) is 17.3 Å². The molecule has 0 fully saturated rings. The Morgan fingerprint density at radius 2 is 2.30 bits per heavy atom. The van der Waals surface area contributed by atoms with Crippen LogP contribution in [0.15, 0.2) is 10.2 Å². The van der Waals surface area contributed by atoms with Gasteiger partial charge >= 0.3 is 0 Å². The number of aromatic nitrogens is 3. The van der Waals surface area contributed by atoms with Gasteiger partial charge in [0.1, 0.15) is 0 Å². The summed E-state index contributed by atoms with van der Waals surface area (Å²) < 4.78 is 1.43. The van der Waals surface area contributed by atoms with Gasteiger partial charge in [-0.15, -0.1) is 10.2 Å². The molecule has 1 aromatic heterocycles. The van der Waals surface area contributed by atoms with Crippen LogP contribution in [0.5, 0.6) is 0 Å². The molecule has 1 aromatic rings. The average molecular weight is 140 g/mol. The molecule has 0 saturated carbocycles. The molecule has 10 heavy (non-hydrogen) atoms. The van der Waals surface area contributed by atoms with E-state index in [9.17, 15) is 0 Å². The van der Waals surface area contributed by atoms with Crippen LogP contribution >= 0.6 is 0 Å². The van der Waals surface area contributed by atoms with Gasteiger partial charge in [-0.3, -0.25) is 0 Å². The van der Waals surface area contributed by atoms with Gasteiger partial charge < -0.3 is 5.73 Å². The largest absolute Gasteiger partial charge is 0.381 e. The molecule has 1 rings (SSSR count). The van der Waals surface area contributed by atoms with E-state index in [4.69, 9.17) is 5.73 Å². The number of hydrogen-bond donors (Lipinski definition) is 1. The van der Waals surface area contributed by atoms with E-state index in [1.807, 2.05) is 0 Å². The molecule has 0 aliphatic heterocycles. The molecule has 6 heteroatoms. The second-order valence-corrected chi connectivity index (χ2v) is 1.72. The zero-order valence-electron chi connectivity index (χ0n) is 5.81. The summed E-state index contributed by atoms with van der Waals surface area (Å²) in [6.07, 6.45) is 0. The fraction of sp³-hybridized carbons (Fsp3) is 0.500. The lowest BCUT2D eigenvalue weighted by atomic mass is 10.7. The van der Waals surface area contributed by atoms with Crippen LogP contribution in [-0.4, -0.2) is 22.0 Å². The van der Waals surface area contributed by atoms with Crippen molar-refractivity contribution in [1.82, 2.24) is 15.0 Å². The van der Waals surface area contributed by atoms with E-state index < -0.39 is 0 Å². The van der Waals surface area contributed by atoms with Gasteiger partial charge in [0.2, 0.25) is 5.82 Å². The predicted octanol–water partition coefficient (Wildman–Crippen LogP) is 0.111. The van der Waals surface area contributed by atoms with Crippen LogP contribution in [0.3, 0.4) is 0 Å². The van der Waals surface area contributed by atoms with E-state index in [0.717, 1.165) is 0 Å². The standard InChI is InChI=1S/C4H8N6/c1-6-7-4-3(5)10(2)9-8-4/h5H2,1-2H3. The van der Waals surface area contributed by atoms with Crippen LogP contribution in [0.1, 0.15) is 0 Å². The lowest BCUT2D eigenvalue weighted by molar-refractivity contribution is 0.722. The van der Waals surface area contributed by atoms with E-state index in [-0.39, 0.29) is 0 Å². The van der Waals surface area contributed by atoms with E-state index in [1.165, 1.54) is 4.68 Å². The van der Waals surface area contributed by atoms with Crippen molar-refractivity contribution in [3.63, 3.8) is 0 Å². The molecule has 0 aromatic carbocycles. The predicted molar refractivity (Wildman–Crippen MR) is 35.9 cm³/mol. The number of rotatable bonds is 1. The number of anilines is 1. The Kier molecular flexibility index (Phi) is 1.61. The zero-order chi connectivity index (χ0) is 7.56. The molecule has 0 aliphatic rings. The van der Waals surface area contributed by atoms with E-state index >= 15 is 0 Å². The molecule has 54 valence electrons. The quantitative estimate of drug-likeness (QED) is 0.562. The fourth-order valence-corrected chi connectivity index (χ4v) is 0.520. The highest BCUT2D eigenvalue weighted by Gasteiger charge is 2.03. The van der Waals surface area contributed by atoms with Crippen LogP contribution < -0.4 is 5.73 Å². The highest BCUT2D eigenvalue weighted by atomic mass is 15.5. The van der Waals surface area contributed by atoms with Crippen molar-refractivity contribution in [3.05, 3.63) is 0 Å². The molecule has 2 N–H and O–H groups in total. The van der Waals surface area contributed by atoms with E-state index in [1.54, 1.807) is 14.1 Å². The Bertz CT molecular complexity index is 248. The Balaban J connectivity index is 3.05. The first kappa shape index (κ1) is 6.66. The maximum atomic E-state index is 5.47. The highest BCUT2D eigenvalue weighted by molar-refractivity contribution is 5.49. The number of aryl methyl sites for hydroxylation is 1. The van der Waals surface area contributed by atoms with Crippen LogP contribution in [0.4, 0.5) is 11.6 Å². The van der Waals surface area contributed by atoms with Crippen molar-refractivity contribution in [2.75, 3.05) is 12.8 Å². The molecular formula is C4H8N6.